The molecule has 0 spiro atoms. The average Bonchev–Trinajstić information content (AvgIpc) is 3.44. The van der Waals surface area contributed by atoms with Crippen molar-refractivity contribution in [2.45, 2.75) is 19.3 Å². The van der Waals surface area contributed by atoms with Crippen LogP contribution in [-0.4, -0.2) is 9.97 Å². The van der Waals surface area contributed by atoms with E-state index in [9.17, 15) is 0 Å². The van der Waals surface area contributed by atoms with Gasteiger partial charge in [-0.1, -0.05) is 159 Å². The zero-order chi connectivity index (χ0) is 34.1. The van der Waals surface area contributed by atoms with E-state index in [-0.39, 0.29) is 5.41 Å². The minimum absolute atomic E-state index is 0.0781. The minimum Gasteiger partial charge on any atom is -0.245 e. The number of aromatic nitrogens is 2. The van der Waals surface area contributed by atoms with Crippen molar-refractivity contribution in [2.24, 2.45) is 0 Å². The lowest BCUT2D eigenvalue weighted by molar-refractivity contribution is 0.666. The van der Waals surface area contributed by atoms with Gasteiger partial charge in [0.15, 0.2) is 0 Å². The summed E-state index contributed by atoms with van der Waals surface area (Å²) in [6, 6.07) is 61.1. The predicted molar refractivity (Wildman–Crippen MR) is 214 cm³/mol. The number of nitrogens with zero attached hydrogens (tertiary/aromatic N) is 2. The molecule has 1 aliphatic rings. The highest BCUT2D eigenvalue weighted by molar-refractivity contribution is 6.06. The van der Waals surface area contributed by atoms with Crippen molar-refractivity contribution in [3.63, 3.8) is 0 Å². The van der Waals surface area contributed by atoms with Gasteiger partial charge >= 0.3 is 0 Å². The summed E-state index contributed by atoms with van der Waals surface area (Å²) in [5.74, 6) is 0. The molecule has 0 bridgehead atoms. The van der Waals surface area contributed by atoms with Crippen LogP contribution < -0.4 is 0 Å². The van der Waals surface area contributed by atoms with Gasteiger partial charge < -0.3 is 0 Å². The molecular weight excluding hydrogens is 617 g/mol. The lowest BCUT2D eigenvalue weighted by Crippen LogP contribution is -2.15. The van der Waals surface area contributed by atoms with Crippen molar-refractivity contribution in [1.82, 2.24) is 9.97 Å². The Morgan fingerprint density at radius 2 is 0.980 bits per heavy atom. The average molecular weight is 651 g/mol. The Hall–Kier alpha value is -6.38. The second-order valence-corrected chi connectivity index (χ2v) is 14.2. The van der Waals surface area contributed by atoms with Crippen LogP contribution in [0.4, 0.5) is 0 Å². The van der Waals surface area contributed by atoms with Gasteiger partial charge in [0.1, 0.15) is 0 Å². The van der Waals surface area contributed by atoms with Crippen LogP contribution in [0.25, 0.3) is 88.5 Å². The molecule has 0 saturated carbocycles. The summed E-state index contributed by atoms with van der Waals surface area (Å²) in [5, 5.41) is 4.80. The van der Waals surface area contributed by atoms with E-state index in [4.69, 9.17) is 9.97 Å². The number of hydrogen-bond donors (Lipinski definition) is 0. The van der Waals surface area contributed by atoms with E-state index in [1.807, 2.05) is 6.07 Å². The molecule has 240 valence electrons. The fourth-order valence-electron chi connectivity index (χ4n) is 8.28. The van der Waals surface area contributed by atoms with Crippen LogP contribution in [0, 0.1) is 0 Å². The standard InChI is InChI=1S/C49H34N2/c1-49(2)42-18-9-8-17-40(42)45-41(30-37-13-6-7-16-39(37)46(45)49)32-21-19-31(20-22-32)36-14-10-15-38(29-36)44-28-26-35-24-23-34-25-27-43(33-11-4-3-5-12-33)50-47(34)48(35)51-44/h3-30H,1-2H3. The number of hydrogen-bond acceptors (Lipinski definition) is 2. The zero-order valence-corrected chi connectivity index (χ0v) is 28.6. The first kappa shape index (κ1) is 29.5. The van der Waals surface area contributed by atoms with E-state index in [2.05, 4.69) is 178 Å². The molecule has 1 aliphatic carbocycles. The number of rotatable bonds is 4. The van der Waals surface area contributed by atoms with Crippen molar-refractivity contribution < 1.29 is 0 Å². The molecule has 7 aromatic carbocycles. The van der Waals surface area contributed by atoms with Crippen LogP contribution >= 0.6 is 0 Å². The highest BCUT2D eigenvalue weighted by Crippen LogP contribution is 2.54. The summed E-state index contributed by atoms with van der Waals surface area (Å²) < 4.78 is 0. The first-order valence-electron chi connectivity index (χ1n) is 17.7. The fourth-order valence-corrected chi connectivity index (χ4v) is 8.28. The number of fused-ring (bicyclic) bond motifs is 8. The van der Waals surface area contributed by atoms with E-state index in [0.717, 1.165) is 44.3 Å². The second-order valence-electron chi connectivity index (χ2n) is 14.2. The summed E-state index contributed by atoms with van der Waals surface area (Å²) in [6.45, 7) is 4.74. The Balaban J connectivity index is 1.04. The molecule has 2 heterocycles. The third-order valence-electron chi connectivity index (χ3n) is 10.8. The SMILES string of the molecule is CC1(C)c2ccccc2-c2c(-c3ccc(-c4cccc(-c5ccc6ccc7ccc(-c8ccccc8)nc7c6n5)c4)cc3)cc3ccccc3c21. The molecule has 0 saturated heterocycles. The lowest BCUT2D eigenvalue weighted by Gasteiger charge is -2.24. The van der Waals surface area contributed by atoms with Crippen LogP contribution in [0.2, 0.25) is 0 Å². The minimum atomic E-state index is -0.0781. The van der Waals surface area contributed by atoms with Crippen LogP contribution in [0.5, 0.6) is 0 Å². The smallest absolute Gasteiger partial charge is 0.0972 e. The molecule has 51 heavy (non-hydrogen) atoms. The molecule has 2 heteroatoms. The van der Waals surface area contributed by atoms with Gasteiger partial charge in [0, 0.05) is 27.3 Å². The summed E-state index contributed by atoms with van der Waals surface area (Å²) >= 11 is 0. The zero-order valence-electron chi connectivity index (χ0n) is 28.6. The topological polar surface area (TPSA) is 25.8 Å². The molecule has 10 rings (SSSR count). The van der Waals surface area contributed by atoms with Gasteiger partial charge in [0.25, 0.3) is 0 Å². The predicted octanol–water partition coefficient (Wildman–Crippen LogP) is 12.9. The van der Waals surface area contributed by atoms with Gasteiger partial charge in [-0.05, 0) is 79.5 Å². The van der Waals surface area contributed by atoms with Crippen molar-refractivity contribution in [2.75, 3.05) is 0 Å². The molecule has 0 radical (unpaired) electrons. The quantitative estimate of drug-likeness (QED) is 0.177. The van der Waals surface area contributed by atoms with Crippen LogP contribution in [0.15, 0.2) is 170 Å². The Bertz CT molecular complexity index is 2810. The van der Waals surface area contributed by atoms with Gasteiger partial charge in [-0.25, -0.2) is 9.97 Å². The molecule has 0 aliphatic heterocycles. The van der Waals surface area contributed by atoms with Crippen molar-refractivity contribution in [3.8, 4) is 55.9 Å². The molecule has 2 aromatic heterocycles. The van der Waals surface area contributed by atoms with E-state index >= 15 is 0 Å². The maximum atomic E-state index is 5.22. The Morgan fingerprint density at radius 3 is 1.75 bits per heavy atom. The van der Waals surface area contributed by atoms with E-state index in [1.54, 1.807) is 0 Å². The first-order chi connectivity index (χ1) is 25.0. The van der Waals surface area contributed by atoms with Crippen molar-refractivity contribution in [1.29, 1.82) is 0 Å². The van der Waals surface area contributed by atoms with Gasteiger partial charge in [0.05, 0.1) is 22.4 Å². The van der Waals surface area contributed by atoms with E-state index in [1.165, 1.54) is 55.3 Å². The molecule has 0 atom stereocenters. The van der Waals surface area contributed by atoms with E-state index in [0.29, 0.717) is 0 Å². The Labute approximate surface area is 297 Å². The number of pyridine rings is 2. The maximum absolute atomic E-state index is 5.22. The van der Waals surface area contributed by atoms with Gasteiger partial charge in [-0.15, -0.1) is 0 Å². The molecule has 2 nitrogen and oxygen atoms in total. The molecule has 9 aromatic rings. The maximum Gasteiger partial charge on any atom is 0.0972 e. The van der Waals surface area contributed by atoms with E-state index < -0.39 is 0 Å². The Morgan fingerprint density at radius 1 is 0.392 bits per heavy atom. The molecule has 0 N–H and O–H groups in total. The summed E-state index contributed by atoms with van der Waals surface area (Å²) in [6.07, 6.45) is 0. The van der Waals surface area contributed by atoms with Crippen LogP contribution in [0.3, 0.4) is 0 Å². The van der Waals surface area contributed by atoms with Crippen LogP contribution in [-0.2, 0) is 5.41 Å². The monoisotopic (exact) mass is 650 g/mol. The van der Waals surface area contributed by atoms with Crippen molar-refractivity contribution in [3.05, 3.63) is 181 Å². The summed E-state index contributed by atoms with van der Waals surface area (Å²) in [5.41, 5.74) is 16.2. The fraction of sp³-hybridized carbons (Fsp3) is 0.0612. The number of benzene rings is 7. The largest absolute Gasteiger partial charge is 0.245 e. The van der Waals surface area contributed by atoms with Crippen LogP contribution in [0.1, 0.15) is 25.0 Å². The van der Waals surface area contributed by atoms with Gasteiger partial charge in [-0.3, -0.25) is 0 Å². The highest BCUT2D eigenvalue weighted by atomic mass is 14.8. The highest BCUT2D eigenvalue weighted by Gasteiger charge is 2.38. The molecule has 0 fully saturated rings. The molecule has 0 unspecified atom stereocenters. The third-order valence-corrected chi connectivity index (χ3v) is 10.8. The normalized spacial score (nSPS) is 13.1. The Kier molecular flexibility index (Phi) is 6.56. The second kappa shape index (κ2) is 11.3. The molecule has 0 amide bonds. The first-order valence-corrected chi connectivity index (χ1v) is 17.7. The van der Waals surface area contributed by atoms with Gasteiger partial charge in [0.2, 0.25) is 0 Å². The lowest BCUT2D eigenvalue weighted by atomic mass is 9.79. The van der Waals surface area contributed by atoms with Crippen molar-refractivity contribution >= 4 is 32.6 Å². The third kappa shape index (κ3) is 4.71. The summed E-state index contributed by atoms with van der Waals surface area (Å²) in [7, 11) is 0. The summed E-state index contributed by atoms with van der Waals surface area (Å²) in [4.78, 5) is 10.3. The molecular formula is C49H34N2. The van der Waals surface area contributed by atoms with Gasteiger partial charge in [-0.2, -0.15) is 0 Å².